The van der Waals surface area contributed by atoms with Gasteiger partial charge in [-0.05, 0) is 53.8 Å². The first kappa shape index (κ1) is 15.2. The quantitative estimate of drug-likeness (QED) is 0.528. The van der Waals surface area contributed by atoms with Gasteiger partial charge in [-0.25, -0.2) is 0 Å². The Bertz CT molecular complexity index is 577. The van der Waals surface area contributed by atoms with Crippen molar-refractivity contribution in [3.8, 4) is 0 Å². The molecular weight excluding hydrogens is 256 g/mol. The Hall–Kier alpha value is -1.86. The molecule has 1 nitrogen and oxygen atoms in total. The molecule has 0 spiro atoms. The van der Waals surface area contributed by atoms with E-state index in [1.807, 2.05) is 32.1 Å². The van der Waals surface area contributed by atoms with Crippen LogP contribution in [0.1, 0.15) is 39.5 Å². The summed E-state index contributed by atoms with van der Waals surface area (Å²) < 4.78 is 0. The van der Waals surface area contributed by atoms with Crippen molar-refractivity contribution < 1.29 is 4.79 Å². The van der Waals surface area contributed by atoms with Crippen LogP contribution in [-0.2, 0) is 0 Å². The van der Waals surface area contributed by atoms with Crippen LogP contribution in [0.4, 0.5) is 0 Å². The van der Waals surface area contributed by atoms with E-state index in [2.05, 4.69) is 13.2 Å². The Kier molecular flexibility index (Phi) is 5.53. The highest BCUT2D eigenvalue weighted by Gasteiger charge is 2.14. The number of benzene rings is 1. The van der Waals surface area contributed by atoms with Crippen molar-refractivity contribution in [1.29, 1.82) is 0 Å². The van der Waals surface area contributed by atoms with E-state index in [0.29, 0.717) is 5.56 Å². The third kappa shape index (κ3) is 3.33. The molecule has 98 valence electrons. The van der Waals surface area contributed by atoms with Gasteiger partial charge in [-0.2, -0.15) is 0 Å². The minimum absolute atomic E-state index is 0.465. The number of hydrogen-bond acceptors (Lipinski definition) is 1. The second-order valence-electron chi connectivity index (χ2n) is 4.04. The molecular formula is C17H17ClO. The monoisotopic (exact) mass is 272 g/mol. The first-order valence-electron chi connectivity index (χ1n) is 5.98. The molecule has 0 unspecified atom stereocenters. The molecule has 0 heterocycles. The average Bonchev–Trinajstić information content (AvgIpc) is 2.37. The van der Waals surface area contributed by atoms with Crippen LogP contribution in [0.5, 0.6) is 0 Å². The van der Waals surface area contributed by atoms with Gasteiger partial charge in [0.2, 0.25) is 0 Å². The lowest BCUT2D eigenvalue weighted by atomic mass is 9.92. The second kappa shape index (κ2) is 6.91. The molecule has 0 N–H and O–H groups in total. The van der Waals surface area contributed by atoms with E-state index in [0.717, 1.165) is 22.3 Å². The summed E-state index contributed by atoms with van der Waals surface area (Å²) >= 11 is 5.68. The van der Waals surface area contributed by atoms with Gasteiger partial charge in [0, 0.05) is 5.56 Å². The maximum Gasteiger partial charge on any atom is 0.253 e. The summed E-state index contributed by atoms with van der Waals surface area (Å²) in [6, 6.07) is 1.79. The average molecular weight is 273 g/mol. The standard InChI is InChI=1S/C17H17ClO/c1-5-8-10-15-12(4)14(7-3)13(9-6-2)11-16(15)17(18)19/h5-11H,1,3H2,2,4H3/b9-6-,10-8-. The Morgan fingerprint density at radius 2 is 1.95 bits per heavy atom. The number of halogens is 1. The SMILES string of the molecule is C=C/C=C\c1c(C(=O)Cl)cc(/C=C\C)c(C=C)c1C. The first-order chi connectivity index (χ1) is 9.06. The summed E-state index contributed by atoms with van der Waals surface area (Å²) in [7, 11) is 0. The van der Waals surface area contributed by atoms with Crippen molar-refractivity contribution in [2.24, 2.45) is 0 Å². The smallest absolute Gasteiger partial charge is 0.253 e. The summed E-state index contributed by atoms with van der Waals surface area (Å²) in [5.74, 6) is 0. The van der Waals surface area contributed by atoms with Gasteiger partial charge in [0.25, 0.3) is 5.24 Å². The number of hydrogen-bond donors (Lipinski definition) is 0. The first-order valence-corrected chi connectivity index (χ1v) is 6.36. The lowest BCUT2D eigenvalue weighted by Gasteiger charge is -2.13. The van der Waals surface area contributed by atoms with Crippen molar-refractivity contribution in [3.05, 3.63) is 65.3 Å². The molecule has 0 saturated carbocycles. The maximum absolute atomic E-state index is 11.6. The van der Waals surface area contributed by atoms with Crippen LogP contribution < -0.4 is 0 Å². The highest BCUT2D eigenvalue weighted by molar-refractivity contribution is 6.68. The molecule has 1 rings (SSSR count). The van der Waals surface area contributed by atoms with E-state index in [4.69, 9.17) is 11.6 Å². The fraction of sp³-hybridized carbons (Fsp3) is 0.118. The van der Waals surface area contributed by atoms with Gasteiger partial charge >= 0.3 is 0 Å². The van der Waals surface area contributed by atoms with Crippen LogP contribution in [0, 0.1) is 6.92 Å². The third-order valence-electron chi connectivity index (χ3n) is 2.87. The van der Waals surface area contributed by atoms with E-state index >= 15 is 0 Å². The lowest BCUT2D eigenvalue weighted by molar-refractivity contribution is 0.108. The number of carbonyl (C=O) groups excluding carboxylic acids is 1. The Labute approximate surface area is 119 Å². The van der Waals surface area contributed by atoms with Crippen molar-refractivity contribution >= 4 is 35.1 Å². The Morgan fingerprint density at radius 1 is 1.26 bits per heavy atom. The van der Waals surface area contributed by atoms with Gasteiger partial charge in [0.1, 0.15) is 0 Å². The van der Waals surface area contributed by atoms with Gasteiger partial charge in [0.15, 0.2) is 0 Å². The van der Waals surface area contributed by atoms with E-state index in [1.54, 1.807) is 24.3 Å². The summed E-state index contributed by atoms with van der Waals surface area (Å²) in [6.07, 6.45) is 10.9. The predicted octanol–water partition coefficient (Wildman–Crippen LogP) is 5.25. The van der Waals surface area contributed by atoms with Crippen LogP contribution in [-0.4, -0.2) is 5.24 Å². The van der Waals surface area contributed by atoms with Crippen LogP contribution in [0.25, 0.3) is 18.2 Å². The highest BCUT2D eigenvalue weighted by Crippen LogP contribution is 2.27. The zero-order valence-electron chi connectivity index (χ0n) is 11.2. The molecule has 1 aromatic carbocycles. The molecule has 0 amide bonds. The molecule has 0 aliphatic heterocycles. The fourth-order valence-corrected chi connectivity index (χ4v) is 2.16. The van der Waals surface area contributed by atoms with Gasteiger partial charge < -0.3 is 0 Å². The van der Waals surface area contributed by atoms with Gasteiger partial charge in [-0.15, -0.1) is 0 Å². The molecule has 0 aliphatic carbocycles. The second-order valence-corrected chi connectivity index (χ2v) is 4.38. The molecule has 0 saturated heterocycles. The van der Waals surface area contributed by atoms with E-state index in [1.165, 1.54) is 0 Å². The van der Waals surface area contributed by atoms with Gasteiger partial charge in [-0.1, -0.05) is 49.6 Å². The van der Waals surface area contributed by atoms with E-state index in [9.17, 15) is 4.79 Å². The molecule has 0 radical (unpaired) electrons. The Morgan fingerprint density at radius 3 is 2.42 bits per heavy atom. The third-order valence-corrected chi connectivity index (χ3v) is 3.07. The fourth-order valence-electron chi connectivity index (χ4n) is 2.00. The largest absolute Gasteiger partial charge is 0.276 e. The maximum atomic E-state index is 11.6. The van der Waals surface area contributed by atoms with Crippen molar-refractivity contribution in [2.45, 2.75) is 13.8 Å². The van der Waals surface area contributed by atoms with Crippen LogP contribution in [0.15, 0.2) is 37.5 Å². The molecule has 2 heteroatoms. The number of rotatable bonds is 5. The van der Waals surface area contributed by atoms with Gasteiger partial charge in [0.05, 0.1) is 0 Å². The minimum Gasteiger partial charge on any atom is -0.276 e. The molecule has 0 atom stereocenters. The summed E-state index contributed by atoms with van der Waals surface area (Å²) in [5, 5.41) is -0.465. The molecule has 0 fully saturated rings. The van der Waals surface area contributed by atoms with Crippen LogP contribution >= 0.6 is 11.6 Å². The van der Waals surface area contributed by atoms with E-state index in [-0.39, 0.29) is 0 Å². The Balaban J connectivity index is 3.70. The molecule has 0 aliphatic rings. The molecule has 1 aromatic rings. The van der Waals surface area contributed by atoms with Crippen molar-refractivity contribution in [1.82, 2.24) is 0 Å². The number of allylic oxidation sites excluding steroid dienone is 3. The zero-order chi connectivity index (χ0) is 14.4. The van der Waals surface area contributed by atoms with Crippen molar-refractivity contribution in [3.63, 3.8) is 0 Å². The van der Waals surface area contributed by atoms with Crippen LogP contribution in [0.2, 0.25) is 0 Å². The summed E-state index contributed by atoms with van der Waals surface area (Å²) in [6.45, 7) is 11.3. The van der Waals surface area contributed by atoms with Crippen molar-refractivity contribution in [2.75, 3.05) is 0 Å². The lowest BCUT2D eigenvalue weighted by Crippen LogP contribution is -2.01. The molecule has 0 bridgehead atoms. The highest BCUT2D eigenvalue weighted by atomic mass is 35.5. The summed E-state index contributed by atoms with van der Waals surface area (Å²) in [4.78, 5) is 11.6. The van der Waals surface area contributed by atoms with E-state index < -0.39 is 5.24 Å². The molecule has 19 heavy (non-hydrogen) atoms. The van der Waals surface area contributed by atoms with Gasteiger partial charge in [-0.3, -0.25) is 4.79 Å². The zero-order valence-corrected chi connectivity index (χ0v) is 12.0. The van der Waals surface area contributed by atoms with Crippen LogP contribution in [0.3, 0.4) is 0 Å². The predicted molar refractivity (Wildman–Crippen MR) is 85.4 cm³/mol. The minimum atomic E-state index is -0.465. The number of carbonyl (C=O) groups is 1. The molecule has 0 aromatic heterocycles. The normalized spacial score (nSPS) is 11.1. The summed E-state index contributed by atoms with van der Waals surface area (Å²) in [5.41, 5.74) is 4.23. The topological polar surface area (TPSA) is 17.1 Å².